The zero-order valence-corrected chi connectivity index (χ0v) is 20.9. The van der Waals surface area contributed by atoms with Gasteiger partial charge in [-0.05, 0) is 67.9 Å². The second-order valence-electron chi connectivity index (χ2n) is 8.52. The quantitative estimate of drug-likeness (QED) is 0.327. The maximum atomic E-state index is 13.5. The lowest BCUT2D eigenvalue weighted by Crippen LogP contribution is -2.40. The second-order valence-corrected chi connectivity index (χ2v) is 10.4. The van der Waals surface area contributed by atoms with Crippen LogP contribution in [-0.4, -0.2) is 22.0 Å². The van der Waals surface area contributed by atoms with E-state index in [1.807, 2.05) is 59.5 Å². The summed E-state index contributed by atoms with van der Waals surface area (Å²) < 4.78 is 7.08. The number of nitrogens with zero attached hydrogens (tertiary/aromatic N) is 2. The summed E-state index contributed by atoms with van der Waals surface area (Å²) in [4.78, 5) is 20.9. The van der Waals surface area contributed by atoms with E-state index in [1.165, 1.54) is 23.7 Å². The van der Waals surface area contributed by atoms with Gasteiger partial charge >= 0.3 is 0 Å². The first-order valence-electron chi connectivity index (χ1n) is 11.3. The van der Waals surface area contributed by atoms with Gasteiger partial charge in [-0.25, -0.2) is 4.99 Å². The van der Waals surface area contributed by atoms with E-state index in [0.717, 1.165) is 52.3 Å². The van der Waals surface area contributed by atoms with Crippen LogP contribution in [0.15, 0.2) is 79.5 Å². The van der Waals surface area contributed by atoms with E-state index < -0.39 is 0 Å². The fourth-order valence-electron chi connectivity index (χ4n) is 4.28. The summed E-state index contributed by atoms with van der Waals surface area (Å²) in [5.41, 5.74) is 3.06. The highest BCUT2D eigenvalue weighted by Crippen LogP contribution is 2.39. The van der Waals surface area contributed by atoms with Crippen molar-refractivity contribution in [3.8, 4) is 11.3 Å². The van der Waals surface area contributed by atoms with E-state index in [2.05, 4.69) is 35.0 Å². The molecule has 0 spiro atoms. The van der Waals surface area contributed by atoms with Gasteiger partial charge in [0.05, 0.1) is 10.6 Å². The maximum absolute atomic E-state index is 13.5. The van der Waals surface area contributed by atoms with Crippen molar-refractivity contribution in [1.82, 2.24) is 4.90 Å². The number of benzene rings is 2. The monoisotopic (exact) mass is 520 g/mol. The summed E-state index contributed by atoms with van der Waals surface area (Å²) in [7, 11) is 0. The first-order valence-corrected chi connectivity index (χ1v) is 12.9. The Labute approximate surface area is 206 Å². The van der Waals surface area contributed by atoms with E-state index in [9.17, 15) is 4.79 Å². The van der Waals surface area contributed by atoms with Gasteiger partial charge in [0.1, 0.15) is 11.5 Å². The minimum absolute atomic E-state index is 0.0272. The zero-order valence-electron chi connectivity index (χ0n) is 18.5. The van der Waals surface area contributed by atoms with E-state index >= 15 is 0 Å². The molecular formula is C27H25BrN2O2S. The summed E-state index contributed by atoms with van der Waals surface area (Å²) >= 11 is 4.91. The number of halogens is 1. The zero-order chi connectivity index (χ0) is 22.8. The molecule has 1 amide bonds. The van der Waals surface area contributed by atoms with Crippen molar-refractivity contribution in [3.63, 3.8) is 0 Å². The molecule has 1 aliphatic heterocycles. The van der Waals surface area contributed by atoms with Gasteiger partial charge in [-0.3, -0.25) is 9.69 Å². The largest absolute Gasteiger partial charge is 0.457 e. The summed E-state index contributed by atoms with van der Waals surface area (Å²) in [5, 5.41) is 0.765. The van der Waals surface area contributed by atoms with Crippen molar-refractivity contribution < 1.29 is 9.21 Å². The van der Waals surface area contributed by atoms with Crippen LogP contribution in [0.2, 0.25) is 0 Å². The second kappa shape index (κ2) is 9.74. The standard InChI is InChI=1S/C27H25BrN2O2S/c1-18-7-13-21(14-8-18)29-27-30(22-5-3-2-4-6-22)26(31)25(33-27)17-23-15-16-24(32-23)19-9-11-20(28)12-10-19/h7-17,22H,2-6H2,1H3/b25-17+,29-27?. The number of rotatable bonds is 4. The lowest BCUT2D eigenvalue weighted by atomic mass is 9.94. The SMILES string of the molecule is Cc1ccc(N=C2S/C(=C/c3ccc(-c4ccc(Br)cc4)o3)C(=O)N2C2CCCCC2)cc1. The lowest BCUT2D eigenvalue weighted by molar-refractivity contribution is -0.124. The predicted molar refractivity (Wildman–Crippen MR) is 139 cm³/mol. The fraction of sp³-hybridized carbons (Fsp3) is 0.259. The van der Waals surface area contributed by atoms with Crippen LogP contribution in [0.25, 0.3) is 17.4 Å². The van der Waals surface area contributed by atoms with Crippen LogP contribution in [0, 0.1) is 6.92 Å². The van der Waals surface area contributed by atoms with Gasteiger partial charge in [0, 0.05) is 22.2 Å². The number of aliphatic imine (C=N–C) groups is 1. The van der Waals surface area contributed by atoms with Gasteiger partial charge in [0.15, 0.2) is 5.17 Å². The molecule has 4 nitrogen and oxygen atoms in total. The summed E-state index contributed by atoms with van der Waals surface area (Å²) in [6.45, 7) is 2.06. The Hall–Kier alpha value is -2.57. The number of carbonyl (C=O) groups is 1. The van der Waals surface area contributed by atoms with Crippen LogP contribution >= 0.6 is 27.7 Å². The molecule has 3 aromatic rings. The molecule has 0 atom stereocenters. The number of aryl methyl sites for hydroxylation is 1. The Morgan fingerprint density at radius 3 is 2.45 bits per heavy atom. The Balaban J connectivity index is 1.45. The van der Waals surface area contributed by atoms with Crippen LogP contribution < -0.4 is 0 Å². The molecular weight excluding hydrogens is 496 g/mol. The summed E-state index contributed by atoms with van der Waals surface area (Å²) in [6.07, 6.45) is 7.46. The molecule has 1 aromatic heterocycles. The molecule has 0 N–H and O–H groups in total. The van der Waals surface area contributed by atoms with Gasteiger partial charge in [-0.2, -0.15) is 0 Å². The minimum atomic E-state index is 0.0272. The molecule has 1 saturated heterocycles. The first-order chi connectivity index (χ1) is 16.1. The molecule has 33 heavy (non-hydrogen) atoms. The third-order valence-electron chi connectivity index (χ3n) is 6.06. The molecule has 0 unspecified atom stereocenters. The normalized spacial score (nSPS) is 19.7. The van der Waals surface area contributed by atoms with Gasteiger partial charge in [-0.15, -0.1) is 0 Å². The number of amides is 1. The van der Waals surface area contributed by atoms with E-state index in [-0.39, 0.29) is 11.9 Å². The first kappa shape index (κ1) is 22.2. The Kier molecular flexibility index (Phi) is 6.56. The van der Waals surface area contributed by atoms with Crippen molar-refractivity contribution in [3.05, 3.63) is 81.4 Å². The molecule has 1 saturated carbocycles. The average Bonchev–Trinajstić information content (AvgIpc) is 3.41. The van der Waals surface area contributed by atoms with Crippen LogP contribution in [-0.2, 0) is 4.79 Å². The Morgan fingerprint density at radius 2 is 1.73 bits per heavy atom. The van der Waals surface area contributed by atoms with Crippen molar-refractivity contribution in [2.45, 2.75) is 45.1 Å². The number of hydrogen-bond donors (Lipinski definition) is 0. The van der Waals surface area contributed by atoms with Crippen LogP contribution in [0.5, 0.6) is 0 Å². The number of amidine groups is 1. The third-order valence-corrected chi connectivity index (χ3v) is 7.58. The lowest BCUT2D eigenvalue weighted by Gasteiger charge is -2.30. The molecule has 0 bridgehead atoms. The maximum Gasteiger partial charge on any atom is 0.267 e. The van der Waals surface area contributed by atoms with Crippen molar-refractivity contribution in [2.24, 2.45) is 4.99 Å². The Morgan fingerprint density at radius 1 is 1.00 bits per heavy atom. The van der Waals surface area contributed by atoms with Crippen molar-refractivity contribution in [2.75, 3.05) is 0 Å². The molecule has 6 heteroatoms. The minimum Gasteiger partial charge on any atom is -0.457 e. The van der Waals surface area contributed by atoms with E-state index in [0.29, 0.717) is 10.7 Å². The van der Waals surface area contributed by atoms with Gasteiger partial charge < -0.3 is 4.42 Å². The number of carbonyl (C=O) groups excluding carboxylic acids is 1. The highest BCUT2D eigenvalue weighted by molar-refractivity contribution is 9.10. The van der Waals surface area contributed by atoms with E-state index in [1.54, 1.807) is 0 Å². The molecule has 2 aromatic carbocycles. The van der Waals surface area contributed by atoms with E-state index in [4.69, 9.17) is 9.41 Å². The van der Waals surface area contributed by atoms with Gasteiger partial charge in [0.25, 0.3) is 5.91 Å². The highest BCUT2D eigenvalue weighted by atomic mass is 79.9. The number of hydrogen-bond acceptors (Lipinski definition) is 4. The predicted octanol–water partition coefficient (Wildman–Crippen LogP) is 7.95. The third kappa shape index (κ3) is 5.02. The van der Waals surface area contributed by atoms with Crippen LogP contribution in [0.3, 0.4) is 0 Å². The van der Waals surface area contributed by atoms with Crippen molar-refractivity contribution in [1.29, 1.82) is 0 Å². The molecule has 168 valence electrons. The van der Waals surface area contributed by atoms with Crippen molar-refractivity contribution >= 4 is 50.5 Å². The van der Waals surface area contributed by atoms with Crippen LogP contribution in [0.1, 0.15) is 43.4 Å². The molecule has 2 aliphatic rings. The fourth-order valence-corrected chi connectivity index (χ4v) is 5.59. The molecule has 0 radical (unpaired) electrons. The number of furan rings is 1. The Bertz CT molecular complexity index is 1210. The highest BCUT2D eigenvalue weighted by Gasteiger charge is 2.38. The number of thioether (sulfide) groups is 1. The van der Waals surface area contributed by atoms with Crippen LogP contribution in [0.4, 0.5) is 5.69 Å². The average molecular weight is 521 g/mol. The summed E-state index contributed by atoms with van der Waals surface area (Å²) in [5.74, 6) is 1.48. The summed E-state index contributed by atoms with van der Waals surface area (Å²) in [6, 6.07) is 20.2. The molecule has 2 heterocycles. The topological polar surface area (TPSA) is 45.8 Å². The smallest absolute Gasteiger partial charge is 0.267 e. The molecule has 5 rings (SSSR count). The molecule has 1 aliphatic carbocycles. The van der Waals surface area contributed by atoms with Gasteiger partial charge in [0.2, 0.25) is 0 Å². The van der Waals surface area contributed by atoms with Gasteiger partial charge in [-0.1, -0.05) is 65.0 Å². The molecule has 2 fully saturated rings.